The molecule has 0 fully saturated rings. The maximum absolute atomic E-state index is 11.5. The molecular formula is C14H22N2O2S. The minimum absolute atomic E-state index is 0.239. The number of nitrogen functional groups attached to an aromatic ring is 1. The van der Waals surface area contributed by atoms with Gasteiger partial charge in [-0.1, -0.05) is 19.1 Å². The highest BCUT2D eigenvalue weighted by molar-refractivity contribution is 7.91. The molecule has 1 heterocycles. The van der Waals surface area contributed by atoms with Gasteiger partial charge in [0, 0.05) is 24.5 Å². The molecule has 0 aliphatic carbocycles. The second kappa shape index (κ2) is 5.92. The van der Waals surface area contributed by atoms with Crippen molar-refractivity contribution in [2.45, 2.75) is 26.3 Å². The molecule has 0 aromatic heterocycles. The molecule has 106 valence electrons. The lowest BCUT2D eigenvalue weighted by Crippen LogP contribution is -2.32. The normalized spacial score (nSPS) is 16.3. The molecule has 0 atom stereocenters. The average Bonchev–Trinajstić information content (AvgIpc) is 2.39. The number of rotatable bonds is 5. The highest BCUT2D eigenvalue weighted by atomic mass is 32.2. The van der Waals surface area contributed by atoms with Gasteiger partial charge in [-0.3, -0.25) is 4.90 Å². The van der Waals surface area contributed by atoms with Crippen molar-refractivity contribution in [3.05, 3.63) is 29.3 Å². The van der Waals surface area contributed by atoms with Gasteiger partial charge < -0.3 is 5.73 Å². The first-order chi connectivity index (χ1) is 9.02. The summed E-state index contributed by atoms with van der Waals surface area (Å²) in [5.41, 5.74) is 9.40. The van der Waals surface area contributed by atoms with Crippen LogP contribution in [0.5, 0.6) is 0 Å². The Kier molecular flexibility index (Phi) is 4.47. The Morgan fingerprint density at radius 1 is 1.37 bits per heavy atom. The first-order valence-electron chi connectivity index (χ1n) is 6.81. The van der Waals surface area contributed by atoms with Crippen molar-refractivity contribution in [1.29, 1.82) is 0 Å². The Labute approximate surface area is 115 Å². The van der Waals surface area contributed by atoms with Gasteiger partial charge in [-0.05, 0) is 36.6 Å². The van der Waals surface area contributed by atoms with E-state index in [4.69, 9.17) is 5.73 Å². The van der Waals surface area contributed by atoms with Gasteiger partial charge in [0.1, 0.15) is 9.84 Å². The summed E-state index contributed by atoms with van der Waals surface area (Å²) < 4.78 is 22.9. The zero-order chi connectivity index (χ0) is 13.9. The zero-order valence-corrected chi connectivity index (χ0v) is 12.2. The maximum Gasteiger partial charge on any atom is 0.150 e. The number of benzene rings is 1. The lowest BCUT2D eigenvalue weighted by atomic mass is 9.98. The number of fused-ring (bicyclic) bond motifs is 1. The largest absolute Gasteiger partial charge is 0.398 e. The molecule has 2 N–H and O–H groups in total. The zero-order valence-electron chi connectivity index (χ0n) is 11.4. The third kappa shape index (κ3) is 3.70. The predicted octanol–water partition coefficient (Wildman–Crippen LogP) is 1.45. The summed E-state index contributed by atoms with van der Waals surface area (Å²) in [5, 5.41) is 0. The van der Waals surface area contributed by atoms with E-state index in [0.29, 0.717) is 6.42 Å². The van der Waals surface area contributed by atoms with E-state index >= 15 is 0 Å². The number of nitrogens with two attached hydrogens (primary N) is 1. The average molecular weight is 282 g/mol. The van der Waals surface area contributed by atoms with Crippen LogP contribution in [0.1, 0.15) is 24.5 Å². The van der Waals surface area contributed by atoms with Crippen LogP contribution in [0.15, 0.2) is 18.2 Å². The van der Waals surface area contributed by atoms with E-state index in [1.165, 1.54) is 11.1 Å². The highest BCUT2D eigenvalue weighted by Gasteiger charge is 2.18. The van der Waals surface area contributed by atoms with Gasteiger partial charge >= 0.3 is 0 Å². The summed E-state index contributed by atoms with van der Waals surface area (Å²) in [7, 11) is -2.84. The predicted molar refractivity (Wildman–Crippen MR) is 78.8 cm³/mol. The van der Waals surface area contributed by atoms with Crippen molar-refractivity contribution in [1.82, 2.24) is 4.90 Å². The summed E-state index contributed by atoms with van der Waals surface area (Å²) in [6, 6.07) is 6.06. The van der Waals surface area contributed by atoms with Crippen LogP contribution < -0.4 is 5.73 Å². The monoisotopic (exact) mass is 282 g/mol. The smallest absolute Gasteiger partial charge is 0.150 e. The van der Waals surface area contributed by atoms with Crippen LogP contribution in [-0.2, 0) is 22.8 Å². The molecule has 0 amide bonds. The molecule has 1 aromatic carbocycles. The van der Waals surface area contributed by atoms with E-state index in [1.54, 1.807) is 6.92 Å². The van der Waals surface area contributed by atoms with Crippen LogP contribution in [0.25, 0.3) is 0 Å². The van der Waals surface area contributed by atoms with E-state index in [0.717, 1.165) is 31.7 Å². The van der Waals surface area contributed by atoms with Crippen molar-refractivity contribution in [3.8, 4) is 0 Å². The quantitative estimate of drug-likeness (QED) is 0.830. The van der Waals surface area contributed by atoms with Gasteiger partial charge in [-0.15, -0.1) is 0 Å². The number of hydrogen-bond donors (Lipinski definition) is 1. The third-order valence-corrected chi connectivity index (χ3v) is 5.55. The SMILES string of the molecule is CCS(=O)(=O)CCCN1CCc2cccc(N)c2C1. The first-order valence-corrected chi connectivity index (χ1v) is 8.63. The Bertz CT molecular complexity index is 540. The Hall–Kier alpha value is -1.07. The Morgan fingerprint density at radius 3 is 2.89 bits per heavy atom. The van der Waals surface area contributed by atoms with Crippen molar-refractivity contribution in [2.75, 3.05) is 30.3 Å². The molecule has 2 rings (SSSR count). The van der Waals surface area contributed by atoms with Gasteiger partial charge in [0.05, 0.1) is 5.75 Å². The fourth-order valence-electron chi connectivity index (χ4n) is 2.51. The molecule has 0 saturated carbocycles. The number of nitrogens with zero attached hydrogens (tertiary/aromatic N) is 1. The van der Waals surface area contributed by atoms with Crippen LogP contribution in [0.4, 0.5) is 5.69 Å². The second-order valence-corrected chi connectivity index (χ2v) is 7.57. The van der Waals surface area contributed by atoms with Crippen molar-refractivity contribution in [2.24, 2.45) is 0 Å². The van der Waals surface area contributed by atoms with Crippen molar-refractivity contribution >= 4 is 15.5 Å². The molecular weight excluding hydrogens is 260 g/mol. The fourth-order valence-corrected chi connectivity index (χ4v) is 3.36. The van der Waals surface area contributed by atoms with Crippen LogP contribution in [-0.4, -0.2) is 37.9 Å². The molecule has 0 spiro atoms. The molecule has 0 radical (unpaired) electrons. The van der Waals surface area contributed by atoms with Gasteiger partial charge in [-0.25, -0.2) is 8.42 Å². The standard InChI is InChI=1S/C14H22N2O2S/c1-2-19(17,18)10-4-8-16-9-7-12-5-3-6-14(15)13(12)11-16/h3,5-6H,2,4,7-11,15H2,1H3. The van der Waals surface area contributed by atoms with E-state index in [2.05, 4.69) is 11.0 Å². The van der Waals surface area contributed by atoms with Crippen LogP contribution in [0.2, 0.25) is 0 Å². The van der Waals surface area contributed by atoms with E-state index < -0.39 is 9.84 Å². The summed E-state index contributed by atoms with van der Waals surface area (Å²) in [5.74, 6) is 0.528. The summed E-state index contributed by atoms with van der Waals surface area (Å²) in [6.07, 6.45) is 1.71. The van der Waals surface area contributed by atoms with Crippen LogP contribution in [0.3, 0.4) is 0 Å². The Balaban J connectivity index is 1.90. The van der Waals surface area contributed by atoms with E-state index in [9.17, 15) is 8.42 Å². The Morgan fingerprint density at radius 2 is 2.16 bits per heavy atom. The van der Waals surface area contributed by atoms with Gasteiger partial charge in [0.2, 0.25) is 0 Å². The maximum atomic E-state index is 11.5. The van der Waals surface area contributed by atoms with Gasteiger partial charge in [0.25, 0.3) is 0 Å². The van der Waals surface area contributed by atoms with Gasteiger partial charge in [0.15, 0.2) is 0 Å². The lowest BCUT2D eigenvalue weighted by molar-refractivity contribution is 0.255. The fraction of sp³-hybridized carbons (Fsp3) is 0.571. The first kappa shape index (κ1) is 14.3. The summed E-state index contributed by atoms with van der Waals surface area (Å²) in [4.78, 5) is 2.30. The van der Waals surface area contributed by atoms with Gasteiger partial charge in [-0.2, -0.15) is 0 Å². The van der Waals surface area contributed by atoms with Crippen LogP contribution in [0, 0.1) is 0 Å². The molecule has 4 nitrogen and oxygen atoms in total. The minimum Gasteiger partial charge on any atom is -0.398 e. The molecule has 5 heteroatoms. The molecule has 1 aromatic rings. The highest BCUT2D eigenvalue weighted by Crippen LogP contribution is 2.24. The number of sulfone groups is 1. The van der Waals surface area contributed by atoms with Crippen molar-refractivity contribution in [3.63, 3.8) is 0 Å². The molecule has 0 unspecified atom stereocenters. The van der Waals surface area contributed by atoms with E-state index in [1.807, 2.05) is 12.1 Å². The second-order valence-electron chi connectivity index (χ2n) is 5.10. The van der Waals surface area contributed by atoms with Crippen LogP contribution >= 0.6 is 0 Å². The lowest BCUT2D eigenvalue weighted by Gasteiger charge is -2.29. The summed E-state index contributed by atoms with van der Waals surface area (Å²) in [6.45, 7) is 4.36. The third-order valence-electron chi connectivity index (χ3n) is 3.76. The molecule has 1 aliphatic rings. The molecule has 1 aliphatic heterocycles. The molecule has 0 bridgehead atoms. The van der Waals surface area contributed by atoms with Crippen molar-refractivity contribution < 1.29 is 8.42 Å². The minimum atomic E-state index is -2.84. The van der Waals surface area contributed by atoms with E-state index in [-0.39, 0.29) is 11.5 Å². The summed E-state index contributed by atoms with van der Waals surface area (Å²) >= 11 is 0. The molecule has 19 heavy (non-hydrogen) atoms. The molecule has 0 saturated heterocycles. The number of anilines is 1. The topological polar surface area (TPSA) is 63.4 Å². The number of hydrogen-bond acceptors (Lipinski definition) is 4.